The average molecular weight is 286 g/mol. The summed E-state index contributed by atoms with van der Waals surface area (Å²) in [5, 5.41) is 0. The van der Waals surface area contributed by atoms with Gasteiger partial charge in [-0.1, -0.05) is 50.5 Å². The highest BCUT2D eigenvalue weighted by Gasteiger charge is 2.41. The van der Waals surface area contributed by atoms with Crippen LogP contribution in [0.3, 0.4) is 0 Å². The second-order valence-corrected chi connectivity index (χ2v) is 6.82. The third-order valence-corrected chi connectivity index (χ3v) is 5.37. The smallest absolute Gasteiger partial charge is 0.229 e. The number of fused-ring (bicyclic) bond motifs is 1. The van der Waals surface area contributed by atoms with E-state index in [0.717, 1.165) is 25.8 Å². The van der Waals surface area contributed by atoms with Crippen molar-refractivity contribution < 1.29 is 4.79 Å². The molecule has 1 aliphatic heterocycles. The van der Waals surface area contributed by atoms with Crippen molar-refractivity contribution in [2.24, 2.45) is 11.1 Å². The Morgan fingerprint density at radius 3 is 2.71 bits per heavy atom. The lowest BCUT2D eigenvalue weighted by atomic mass is 9.74. The standard InChI is InChI=1S/C18H26N2O/c1-18(10-5-2-6-11-18)17(21)20-12-9-14-7-3-4-8-15(14)16(20)13-19/h3-4,7-8,16H,2,5-6,9-13,19H2,1H3. The molecule has 3 heteroatoms. The van der Waals surface area contributed by atoms with Crippen molar-refractivity contribution >= 4 is 5.91 Å². The number of nitrogens with two attached hydrogens (primary N) is 1. The van der Waals surface area contributed by atoms with Crippen LogP contribution in [0.5, 0.6) is 0 Å². The van der Waals surface area contributed by atoms with E-state index < -0.39 is 0 Å². The van der Waals surface area contributed by atoms with Crippen molar-refractivity contribution in [1.29, 1.82) is 0 Å². The first-order valence-corrected chi connectivity index (χ1v) is 8.25. The molecule has 1 unspecified atom stereocenters. The monoisotopic (exact) mass is 286 g/mol. The van der Waals surface area contributed by atoms with Gasteiger partial charge in [0.05, 0.1) is 6.04 Å². The molecule has 1 saturated carbocycles. The third-order valence-electron chi connectivity index (χ3n) is 5.37. The summed E-state index contributed by atoms with van der Waals surface area (Å²) in [5.74, 6) is 0.326. The van der Waals surface area contributed by atoms with Crippen LogP contribution in [-0.4, -0.2) is 23.9 Å². The first kappa shape index (κ1) is 14.6. The van der Waals surface area contributed by atoms with E-state index in [-0.39, 0.29) is 11.5 Å². The van der Waals surface area contributed by atoms with Gasteiger partial charge < -0.3 is 10.6 Å². The van der Waals surface area contributed by atoms with Crippen LogP contribution in [-0.2, 0) is 11.2 Å². The normalized spacial score (nSPS) is 24.5. The lowest BCUT2D eigenvalue weighted by molar-refractivity contribution is -0.146. The molecule has 0 aromatic heterocycles. The van der Waals surface area contributed by atoms with Gasteiger partial charge in [0, 0.05) is 18.5 Å². The Balaban J connectivity index is 1.87. The molecule has 1 heterocycles. The van der Waals surface area contributed by atoms with E-state index in [4.69, 9.17) is 5.73 Å². The van der Waals surface area contributed by atoms with E-state index in [1.165, 1.54) is 30.4 Å². The lowest BCUT2D eigenvalue weighted by Crippen LogP contribution is -2.49. The second-order valence-electron chi connectivity index (χ2n) is 6.82. The first-order valence-electron chi connectivity index (χ1n) is 8.25. The summed E-state index contributed by atoms with van der Waals surface area (Å²) < 4.78 is 0. The fourth-order valence-corrected chi connectivity index (χ4v) is 4.04. The molecule has 0 bridgehead atoms. The predicted octanol–water partition coefficient (Wildman–Crippen LogP) is 3.04. The molecule has 3 rings (SSSR count). The molecule has 0 radical (unpaired) electrons. The molecule has 2 N–H and O–H groups in total. The molecule has 1 aliphatic carbocycles. The Morgan fingerprint density at radius 2 is 2.00 bits per heavy atom. The number of amides is 1. The molecule has 3 nitrogen and oxygen atoms in total. The van der Waals surface area contributed by atoms with Crippen LogP contribution >= 0.6 is 0 Å². The van der Waals surface area contributed by atoms with Crippen LogP contribution in [0.15, 0.2) is 24.3 Å². The van der Waals surface area contributed by atoms with Crippen molar-refractivity contribution in [3.63, 3.8) is 0 Å². The molecule has 1 atom stereocenters. The zero-order valence-electron chi connectivity index (χ0n) is 13.0. The predicted molar refractivity (Wildman–Crippen MR) is 84.8 cm³/mol. The van der Waals surface area contributed by atoms with Crippen molar-refractivity contribution in [2.75, 3.05) is 13.1 Å². The van der Waals surface area contributed by atoms with Gasteiger partial charge in [-0.25, -0.2) is 0 Å². The molecular weight excluding hydrogens is 260 g/mol. The summed E-state index contributed by atoms with van der Waals surface area (Å²) in [6, 6.07) is 8.49. The SMILES string of the molecule is CC1(C(=O)N2CCc3ccccc3C2CN)CCCCC1. The molecular formula is C18H26N2O. The number of carbonyl (C=O) groups is 1. The van der Waals surface area contributed by atoms with Crippen molar-refractivity contribution in [3.05, 3.63) is 35.4 Å². The highest BCUT2D eigenvalue weighted by atomic mass is 16.2. The minimum absolute atomic E-state index is 0.0567. The fourth-order valence-electron chi connectivity index (χ4n) is 4.04. The molecule has 21 heavy (non-hydrogen) atoms. The quantitative estimate of drug-likeness (QED) is 0.908. The van der Waals surface area contributed by atoms with E-state index in [0.29, 0.717) is 12.5 Å². The van der Waals surface area contributed by atoms with Gasteiger partial charge in [0.2, 0.25) is 5.91 Å². The van der Waals surface area contributed by atoms with Crippen LogP contribution in [0, 0.1) is 5.41 Å². The largest absolute Gasteiger partial charge is 0.334 e. The molecule has 1 aromatic rings. The summed E-state index contributed by atoms with van der Waals surface area (Å²) in [5.41, 5.74) is 8.46. The third kappa shape index (κ3) is 2.59. The molecule has 1 fully saturated rings. The molecule has 0 spiro atoms. The fraction of sp³-hybridized carbons (Fsp3) is 0.611. The number of benzene rings is 1. The Bertz CT molecular complexity index is 520. The van der Waals surface area contributed by atoms with E-state index in [2.05, 4.69) is 36.1 Å². The van der Waals surface area contributed by atoms with Crippen LogP contribution < -0.4 is 5.73 Å². The van der Waals surface area contributed by atoms with E-state index in [1.54, 1.807) is 0 Å². The second kappa shape index (κ2) is 5.80. The van der Waals surface area contributed by atoms with Gasteiger partial charge in [-0.05, 0) is 30.4 Å². The maximum atomic E-state index is 13.1. The van der Waals surface area contributed by atoms with Crippen LogP contribution in [0.1, 0.15) is 56.2 Å². The number of nitrogens with zero attached hydrogens (tertiary/aromatic N) is 1. The Kier molecular flexibility index (Phi) is 4.03. The molecule has 0 saturated heterocycles. The van der Waals surface area contributed by atoms with Gasteiger partial charge in [-0.3, -0.25) is 4.79 Å². The number of carbonyl (C=O) groups excluding carboxylic acids is 1. The van der Waals surface area contributed by atoms with Gasteiger partial charge >= 0.3 is 0 Å². The van der Waals surface area contributed by atoms with Crippen LogP contribution in [0.25, 0.3) is 0 Å². The van der Waals surface area contributed by atoms with Gasteiger partial charge in [-0.15, -0.1) is 0 Å². The summed E-state index contributed by atoms with van der Waals surface area (Å²) in [4.78, 5) is 15.2. The zero-order chi connectivity index (χ0) is 14.9. The van der Waals surface area contributed by atoms with Gasteiger partial charge in [0.1, 0.15) is 0 Å². The Labute approximate surface area is 127 Å². The average Bonchev–Trinajstić information content (AvgIpc) is 2.53. The number of rotatable bonds is 2. The molecule has 1 aromatic carbocycles. The van der Waals surface area contributed by atoms with Gasteiger partial charge in [0.15, 0.2) is 0 Å². The zero-order valence-corrected chi connectivity index (χ0v) is 13.0. The first-order chi connectivity index (χ1) is 10.2. The highest BCUT2D eigenvalue weighted by molar-refractivity contribution is 5.83. The van der Waals surface area contributed by atoms with Crippen LogP contribution in [0.2, 0.25) is 0 Å². The minimum Gasteiger partial charge on any atom is -0.334 e. The van der Waals surface area contributed by atoms with Crippen molar-refractivity contribution in [1.82, 2.24) is 4.90 Å². The number of hydrogen-bond donors (Lipinski definition) is 1. The number of hydrogen-bond acceptors (Lipinski definition) is 2. The summed E-state index contributed by atoms with van der Waals surface area (Å²) in [6.45, 7) is 3.48. The molecule has 2 aliphatic rings. The van der Waals surface area contributed by atoms with Gasteiger partial charge in [-0.2, -0.15) is 0 Å². The highest BCUT2D eigenvalue weighted by Crippen LogP contribution is 2.40. The van der Waals surface area contributed by atoms with E-state index >= 15 is 0 Å². The van der Waals surface area contributed by atoms with E-state index in [1.807, 2.05) is 0 Å². The molecule has 114 valence electrons. The molecule has 1 amide bonds. The maximum Gasteiger partial charge on any atom is 0.229 e. The van der Waals surface area contributed by atoms with E-state index in [9.17, 15) is 4.79 Å². The maximum absolute atomic E-state index is 13.1. The summed E-state index contributed by atoms with van der Waals surface area (Å²) >= 11 is 0. The lowest BCUT2D eigenvalue weighted by Gasteiger charge is -2.43. The minimum atomic E-state index is -0.169. The summed E-state index contributed by atoms with van der Waals surface area (Å²) in [6.07, 6.45) is 6.64. The van der Waals surface area contributed by atoms with Crippen LogP contribution in [0.4, 0.5) is 0 Å². The van der Waals surface area contributed by atoms with Crippen molar-refractivity contribution in [3.8, 4) is 0 Å². The Morgan fingerprint density at radius 1 is 1.29 bits per heavy atom. The Hall–Kier alpha value is -1.35. The van der Waals surface area contributed by atoms with Crippen molar-refractivity contribution in [2.45, 2.75) is 51.5 Å². The topological polar surface area (TPSA) is 46.3 Å². The van der Waals surface area contributed by atoms with Gasteiger partial charge in [0.25, 0.3) is 0 Å². The summed E-state index contributed by atoms with van der Waals surface area (Å²) in [7, 11) is 0.